The van der Waals surface area contributed by atoms with Crippen molar-refractivity contribution >= 4 is 11.9 Å². The van der Waals surface area contributed by atoms with Gasteiger partial charge in [-0.25, -0.2) is 0 Å². The first-order valence-corrected chi connectivity index (χ1v) is 11.9. The summed E-state index contributed by atoms with van der Waals surface area (Å²) >= 11 is 0. The van der Waals surface area contributed by atoms with E-state index in [0.29, 0.717) is 11.7 Å². The van der Waals surface area contributed by atoms with Crippen LogP contribution in [-0.4, -0.2) is 32.2 Å². The largest absolute Gasteiger partial charge is 0.507 e. The van der Waals surface area contributed by atoms with E-state index >= 15 is 0 Å². The summed E-state index contributed by atoms with van der Waals surface area (Å²) in [6, 6.07) is 9.22. The van der Waals surface area contributed by atoms with Crippen molar-refractivity contribution in [2.45, 2.75) is 50.9 Å². The van der Waals surface area contributed by atoms with E-state index in [1.807, 2.05) is 6.07 Å². The SMILES string of the molecule is COc1cc(O)c(C(=O)/C=C/c2ccc(C3CCCC3C3CCCC3)c(OC)c2)c(OC)c1. The molecule has 4 rings (SSSR count). The zero-order chi connectivity index (χ0) is 23.4. The van der Waals surface area contributed by atoms with Gasteiger partial charge in [0.05, 0.1) is 21.3 Å². The van der Waals surface area contributed by atoms with Gasteiger partial charge in [-0.3, -0.25) is 4.79 Å². The number of allylic oxidation sites excluding steroid dienone is 1. The summed E-state index contributed by atoms with van der Waals surface area (Å²) < 4.78 is 16.2. The van der Waals surface area contributed by atoms with Crippen LogP contribution in [0.1, 0.15) is 72.3 Å². The first kappa shape index (κ1) is 23.2. The Labute approximate surface area is 196 Å². The molecule has 33 heavy (non-hydrogen) atoms. The molecule has 2 aromatic rings. The Hall–Kier alpha value is -2.95. The highest BCUT2D eigenvalue weighted by molar-refractivity contribution is 6.10. The van der Waals surface area contributed by atoms with Gasteiger partial charge in [-0.15, -0.1) is 0 Å². The zero-order valence-electron chi connectivity index (χ0n) is 19.8. The van der Waals surface area contributed by atoms with Crippen LogP contribution in [0, 0.1) is 11.8 Å². The molecule has 5 nitrogen and oxygen atoms in total. The van der Waals surface area contributed by atoms with Gasteiger partial charge in [-0.2, -0.15) is 0 Å². The Morgan fingerprint density at radius 2 is 1.67 bits per heavy atom. The molecule has 0 saturated heterocycles. The summed E-state index contributed by atoms with van der Waals surface area (Å²) in [7, 11) is 4.67. The van der Waals surface area contributed by atoms with Crippen LogP contribution in [0.2, 0.25) is 0 Å². The van der Waals surface area contributed by atoms with Crippen molar-refractivity contribution in [3.05, 3.63) is 53.1 Å². The Bertz CT molecular complexity index is 1020. The van der Waals surface area contributed by atoms with Crippen LogP contribution in [0.15, 0.2) is 36.4 Å². The summed E-state index contributed by atoms with van der Waals surface area (Å²) in [4.78, 5) is 12.8. The molecule has 2 atom stereocenters. The Kier molecular flexibility index (Phi) is 7.26. The second-order valence-electron chi connectivity index (χ2n) is 9.17. The average molecular weight is 451 g/mol. The van der Waals surface area contributed by atoms with Crippen molar-refractivity contribution in [1.82, 2.24) is 0 Å². The summed E-state index contributed by atoms with van der Waals surface area (Å²) in [5.41, 5.74) is 2.29. The van der Waals surface area contributed by atoms with Gasteiger partial charge in [-0.05, 0) is 53.9 Å². The molecule has 176 valence electrons. The van der Waals surface area contributed by atoms with Crippen LogP contribution in [0.4, 0.5) is 0 Å². The van der Waals surface area contributed by atoms with Crippen LogP contribution < -0.4 is 14.2 Å². The van der Waals surface area contributed by atoms with Gasteiger partial charge < -0.3 is 19.3 Å². The predicted molar refractivity (Wildman–Crippen MR) is 130 cm³/mol. The number of benzene rings is 2. The Morgan fingerprint density at radius 1 is 0.909 bits per heavy atom. The molecule has 2 aromatic carbocycles. The molecule has 5 heteroatoms. The van der Waals surface area contributed by atoms with Gasteiger partial charge in [-0.1, -0.05) is 50.3 Å². The second kappa shape index (κ2) is 10.3. The van der Waals surface area contributed by atoms with Gasteiger partial charge in [0.15, 0.2) is 5.78 Å². The predicted octanol–water partition coefficient (Wildman–Crippen LogP) is 6.39. The Balaban J connectivity index is 1.55. The molecule has 2 saturated carbocycles. The summed E-state index contributed by atoms with van der Waals surface area (Å²) in [6.45, 7) is 0. The second-order valence-corrected chi connectivity index (χ2v) is 9.17. The molecule has 2 aliphatic carbocycles. The maximum absolute atomic E-state index is 12.8. The van der Waals surface area contributed by atoms with E-state index in [-0.39, 0.29) is 22.8 Å². The van der Waals surface area contributed by atoms with Crippen molar-refractivity contribution in [3.8, 4) is 23.0 Å². The van der Waals surface area contributed by atoms with Crippen LogP contribution in [0.5, 0.6) is 23.0 Å². The number of rotatable bonds is 8. The fourth-order valence-corrected chi connectivity index (χ4v) is 5.82. The first-order chi connectivity index (χ1) is 16.0. The maximum Gasteiger partial charge on any atom is 0.193 e. The molecule has 2 fully saturated rings. The molecular weight excluding hydrogens is 416 g/mol. The normalized spacial score (nSPS) is 20.9. The minimum atomic E-state index is -0.341. The minimum Gasteiger partial charge on any atom is -0.507 e. The summed E-state index contributed by atoms with van der Waals surface area (Å²) in [6.07, 6.45) is 12.5. The lowest BCUT2D eigenvalue weighted by molar-refractivity contribution is 0.104. The number of hydrogen-bond acceptors (Lipinski definition) is 5. The molecule has 2 aliphatic rings. The van der Waals surface area contributed by atoms with Crippen LogP contribution >= 0.6 is 0 Å². The number of carbonyl (C=O) groups is 1. The lowest BCUT2D eigenvalue weighted by Crippen LogP contribution is -2.16. The number of aromatic hydroxyl groups is 1. The number of hydrogen-bond donors (Lipinski definition) is 1. The maximum atomic E-state index is 12.8. The highest BCUT2D eigenvalue weighted by Crippen LogP contribution is 2.50. The molecule has 0 radical (unpaired) electrons. The van der Waals surface area contributed by atoms with Crippen LogP contribution in [0.3, 0.4) is 0 Å². The lowest BCUT2D eigenvalue weighted by Gasteiger charge is -2.27. The standard InChI is InChI=1S/C28H34O5/c1-31-20-16-25(30)28(27(17-20)33-3)24(29)14-12-18-11-13-23(26(15-18)32-2)22-10-6-9-21(22)19-7-4-5-8-19/h11-17,19,21-22,30H,4-10H2,1-3H3/b14-12+. The fourth-order valence-electron chi connectivity index (χ4n) is 5.82. The van der Waals surface area contributed by atoms with Crippen molar-refractivity contribution in [2.24, 2.45) is 11.8 Å². The minimum absolute atomic E-state index is 0.114. The smallest absolute Gasteiger partial charge is 0.193 e. The highest BCUT2D eigenvalue weighted by Gasteiger charge is 2.36. The molecule has 0 heterocycles. The van der Waals surface area contributed by atoms with Crippen molar-refractivity contribution in [1.29, 1.82) is 0 Å². The van der Waals surface area contributed by atoms with E-state index in [2.05, 4.69) is 12.1 Å². The van der Waals surface area contributed by atoms with Crippen molar-refractivity contribution in [3.63, 3.8) is 0 Å². The van der Waals surface area contributed by atoms with Crippen molar-refractivity contribution < 1.29 is 24.1 Å². The monoisotopic (exact) mass is 450 g/mol. The Morgan fingerprint density at radius 3 is 2.36 bits per heavy atom. The van der Waals surface area contributed by atoms with Gasteiger partial charge in [0.25, 0.3) is 0 Å². The topological polar surface area (TPSA) is 65.0 Å². The van der Waals surface area contributed by atoms with E-state index in [0.717, 1.165) is 23.1 Å². The highest BCUT2D eigenvalue weighted by atomic mass is 16.5. The molecular formula is C28H34O5. The van der Waals surface area contributed by atoms with Gasteiger partial charge in [0.1, 0.15) is 28.6 Å². The average Bonchev–Trinajstić information content (AvgIpc) is 3.53. The molecule has 0 aromatic heterocycles. The van der Waals surface area contributed by atoms with E-state index in [4.69, 9.17) is 14.2 Å². The number of carbonyl (C=O) groups excluding carboxylic acids is 1. The molecule has 0 aliphatic heterocycles. The van der Waals surface area contributed by atoms with Gasteiger partial charge >= 0.3 is 0 Å². The third-order valence-corrected chi connectivity index (χ3v) is 7.42. The number of ketones is 1. The molecule has 2 unspecified atom stereocenters. The van der Waals surface area contributed by atoms with E-state index in [1.165, 1.54) is 76.9 Å². The third kappa shape index (κ3) is 4.87. The number of ether oxygens (including phenoxy) is 3. The molecule has 0 bridgehead atoms. The van der Waals surface area contributed by atoms with Gasteiger partial charge in [0, 0.05) is 12.1 Å². The number of phenols is 1. The molecule has 0 spiro atoms. The van der Waals surface area contributed by atoms with E-state index in [1.54, 1.807) is 19.3 Å². The first-order valence-electron chi connectivity index (χ1n) is 11.9. The van der Waals surface area contributed by atoms with Crippen LogP contribution in [0.25, 0.3) is 6.08 Å². The number of phenolic OH excluding ortho intramolecular Hbond substituents is 1. The quantitative estimate of drug-likeness (QED) is 0.373. The lowest BCUT2D eigenvalue weighted by atomic mass is 9.79. The third-order valence-electron chi connectivity index (χ3n) is 7.42. The molecule has 0 amide bonds. The van der Waals surface area contributed by atoms with E-state index in [9.17, 15) is 9.90 Å². The zero-order valence-corrected chi connectivity index (χ0v) is 19.8. The summed E-state index contributed by atoms with van der Waals surface area (Å²) in [5, 5.41) is 10.3. The molecule has 1 N–H and O–H groups in total. The number of methoxy groups -OCH3 is 3. The van der Waals surface area contributed by atoms with Gasteiger partial charge in [0.2, 0.25) is 0 Å². The fraction of sp³-hybridized carbons (Fsp3) is 0.464. The van der Waals surface area contributed by atoms with Crippen molar-refractivity contribution in [2.75, 3.05) is 21.3 Å². The van der Waals surface area contributed by atoms with E-state index < -0.39 is 0 Å². The van der Waals surface area contributed by atoms with Crippen LogP contribution in [-0.2, 0) is 0 Å². The summed E-state index contributed by atoms with van der Waals surface area (Å²) in [5.74, 6) is 3.25.